The van der Waals surface area contributed by atoms with Crippen molar-refractivity contribution in [2.24, 2.45) is 0 Å². The highest BCUT2D eigenvalue weighted by atomic mass is 32.2. The quantitative estimate of drug-likeness (QED) is 0.642. The lowest BCUT2D eigenvalue weighted by Gasteiger charge is -2.11. The van der Waals surface area contributed by atoms with Crippen LogP contribution < -0.4 is 10.6 Å². The molecule has 0 aromatic heterocycles. The average molecular weight is 312 g/mol. The Labute approximate surface area is 125 Å². The van der Waals surface area contributed by atoms with Gasteiger partial charge in [-0.15, -0.1) is 0 Å². The van der Waals surface area contributed by atoms with Crippen molar-refractivity contribution in [2.75, 3.05) is 23.9 Å². The van der Waals surface area contributed by atoms with E-state index in [0.717, 1.165) is 12.1 Å². The highest BCUT2D eigenvalue weighted by Crippen LogP contribution is 2.24. The number of rotatable bonds is 5. The fourth-order valence-electron chi connectivity index (χ4n) is 2.36. The maximum atomic E-state index is 11.0. The summed E-state index contributed by atoms with van der Waals surface area (Å²) in [5, 5.41) is 6.71. The molecule has 0 atom stereocenters. The molecule has 20 heavy (non-hydrogen) atoms. The fraction of sp³-hybridized carbons (Fsp3) is 0.500. The number of hydrogen-bond donors (Lipinski definition) is 2. The Morgan fingerprint density at radius 2 is 2.05 bits per heavy atom. The van der Waals surface area contributed by atoms with E-state index in [2.05, 4.69) is 22.8 Å². The van der Waals surface area contributed by atoms with E-state index < -0.39 is 9.84 Å². The summed E-state index contributed by atoms with van der Waals surface area (Å²) < 4.78 is 22.0. The van der Waals surface area contributed by atoms with Crippen LogP contribution >= 0.6 is 12.2 Å². The lowest BCUT2D eigenvalue weighted by molar-refractivity contribution is 0.598. The molecule has 0 saturated heterocycles. The van der Waals surface area contributed by atoms with Gasteiger partial charge in [0.05, 0.1) is 5.75 Å². The molecule has 0 bridgehead atoms. The Bertz CT molecular complexity index is 597. The Hall–Kier alpha value is -1.14. The molecule has 6 heteroatoms. The monoisotopic (exact) mass is 312 g/mol. The summed E-state index contributed by atoms with van der Waals surface area (Å²) >= 11 is 5.20. The van der Waals surface area contributed by atoms with Crippen molar-refractivity contribution >= 4 is 32.9 Å². The topological polar surface area (TPSA) is 58.2 Å². The van der Waals surface area contributed by atoms with Gasteiger partial charge in [0.25, 0.3) is 0 Å². The van der Waals surface area contributed by atoms with Crippen molar-refractivity contribution in [3.63, 3.8) is 0 Å². The molecule has 4 nitrogen and oxygen atoms in total. The van der Waals surface area contributed by atoms with Crippen LogP contribution in [0.2, 0.25) is 0 Å². The normalized spacial score (nSPS) is 13.8. The third kappa shape index (κ3) is 4.76. The number of aryl methyl sites for hydroxylation is 2. The van der Waals surface area contributed by atoms with E-state index in [1.165, 1.54) is 30.2 Å². The smallest absolute Gasteiger partial charge is 0.170 e. The van der Waals surface area contributed by atoms with Crippen molar-refractivity contribution < 1.29 is 8.42 Å². The zero-order valence-electron chi connectivity index (χ0n) is 11.6. The van der Waals surface area contributed by atoms with Crippen LogP contribution in [0.1, 0.15) is 24.0 Å². The first-order chi connectivity index (χ1) is 9.44. The van der Waals surface area contributed by atoms with Crippen LogP contribution in [0.3, 0.4) is 0 Å². The van der Waals surface area contributed by atoms with Gasteiger partial charge < -0.3 is 10.6 Å². The molecule has 2 N–H and O–H groups in total. The molecule has 0 unspecified atom stereocenters. The van der Waals surface area contributed by atoms with Gasteiger partial charge in [0.1, 0.15) is 9.84 Å². The van der Waals surface area contributed by atoms with Crippen LogP contribution in [0.15, 0.2) is 18.2 Å². The fourth-order valence-corrected chi connectivity index (χ4v) is 3.25. The molecule has 0 spiro atoms. The minimum atomic E-state index is -2.89. The molecule has 1 aromatic rings. The molecule has 0 radical (unpaired) electrons. The molecule has 0 fully saturated rings. The predicted molar refractivity (Wildman–Crippen MR) is 87.0 cm³/mol. The van der Waals surface area contributed by atoms with Crippen molar-refractivity contribution in [3.05, 3.63) is 29.3 Å². The first kappa shape index (κ1) is 15.3. The van der Waals surface area contributed by atoms with Gasteiger partial charge in [-0.1, -0.05) is 6.07 Å². The summed E-state index contributed by atoms with van der Waals surface area (Å²) in [6, 6.07) is 6.33. The van der Waals surface area contributed by atoms with Gasteiger partial charge in [0.2, 0.25) is 0 Å². The van der Waals surface area contributed by atoms with Gasteiger partial charge in [0, 0.05) is 18.5 Å². The maximum Gasteiger partial charge on any atom is 0.170 e. The van der Waals surface area contributed by atoms with Gasteiger partial charge >= 0.3 is 0 Å². The van der Waals surface area contributed by atoms with Crippen molar-refractivity contribution in [3.8, 4) is 0 Å². The molecular formula is C14H20N2O2S2. The predicted octanol–water partition coefficient (Wildman–Crippen LogP) is 1.90. The van der Waals surface area contributed by atoms with Gasteiger partial charge in [0.15, 0.2) is 5.11 Å². The number of thiocarbonyl (C=S) groups is 1. The summed E-state index contributed by atoms with van der Waals surface area (Å²) in [5.41, 5.74) is 3.82. The lowest BCUT2D eigenvalue weighted by Crippen LogP contribution is -2.30. The number of hydrogen-bond acceptors (Lipinski definition) is 3. The molecule has 0 saturated carbocycles. The summed E-state index contributed by atoms with van der Waals surface area (Å²) in [5.74, 6) is 0.182. The molecule has 0 aliphatic heterocycles. The first-order valence-electron chi connectivity index (χ1n) is 6.78. The largest absolute Gasteiger partial charge is 0.362 e. The van der Waals surface area contributed by atoms with E-state index in [4.69, 9.17) is 12.2 Å². The number of nitrogens with one attached hydrogen (secondary N) is 2. The molecule has 1 aromatic carbocycles. The second-order valence-electron chi connectivity index (χ2n) is 5.20. The number of sulfone groups is 1. The molecule has 0 amide bonds. The molecule has 1 aliphatic carbocycles. The molecule has 110 valence electrons. The van der Waals surface area contributed by atoms with Crippen LogP contribution in [0.4, 0.5) is 5.69 Å². The third-order valence-electron chi connectivity index (χ3n) is 3.33. The van der Waals surface area contributed by atoms with Crippen molar-refractivity contribution in [1.82, 2.24) is 5.32 Å². The van der Waals surface area contributed by atoms with Gasteiger partial charge in [-0.05, 0) is 61.2 Å². The van der Waals surface area contributed by atoms with Crippen molar-refractivity contribution in [2.45, 2.75) is 25.7 Å². The minimum absolute atomic E-state index is 0.182. The zero-order valence-corrected chi connectivity index (χ0v) is 13.2. The first-order valence-corrected chi connectivity index (χ1v) is 9.25. The van der Waals surface area contributed by atoms with Crippen LogP contribution in [0, 0.1) is 0 Å². The summed E-state index contributed by atoms with van der Waals surface area (Å²) in [4.78, 5) is 0. The number of benzene rings is 1. The summed E-state index contributed by atoms with van der Waals surface area (Å²) in [6.45, 7) is 0.559. The molecule has 0 heterocycles. The van der Waals surface area contributed by atoms with Crippen molar-refractivity contribution in [1.29, 1.82) is 0 Å². The summed E-state index contributed by atoms with van der Waals surface area (Å²) in [7, 11) is -2.89. The number of fused-ring (bicyclic) bond motifs is 1. The Balaban J connectivity index is 1.77. The van der Waals surface area contributed by atoms with Gasteiger partial charge in [-0.3, -0.25) is 0 Å². The second-order valence-corrected chi connectivity index (χ2v) is 7.87. The van der Waals surface area contributed by atoms with Gasteiger partial charge in [-0.2, -0.15) is 0 Å². The SMILES string of the molecule is CS(=O)(=O)CCCNC(=S)Nc1ccc2c(c1)CCC2. The van der Waals surface area contributed by atoms with Gasteiger partial charge in [-0.25, -0.2) is 8.42 Å². The van der Waals surface area contributed by atoms with E-state index in [0.29, 0.717) is 18.1 Å². The molecular weight excluding hydrogens is 292 g/mol. The molecule has 1 aliphatic rings. The molecule has 2 rings (SSSR count). The third-order valence-corrected chi connectivity index (χ3v) is 4.61. The highest BCUT2D eigenvalue weighted by Gasteiger charge is 2.11. The standard InChI is InChI=1S/C14H20N2O2S2/c1-20(17,18)9-3-8-15-14(19)16-13-7-6-11-4-2-5-12(11)10-13/h6-7,10H,2-5,8-9H2,1H3,(H2,15,16,19). The number of anilines is 1. The van der Waals surface area contributed by atoms with Crippen LogP contribution in [0.5, 0.6) is 0 Å². The lowest BCUT2D eigenvalue weighted by atomic mass is 10.1. The summed E-state index contributed by atoms with van der Waals surface area (Å²) in [6.07, 6.45) is 5.34. The zero-order chi connectivity index (χ0) is 14.6. The van der Waals surface area contributed by atoms with E-state index >= 15 is 0 Å². The second kappa shape index (κ2) is 6.54. The van der Waals surface area contributed by atoms with Crippen LogP contribution in [-0.4, -0.2) is 32.1 Å². The maximum absolute atomic E-state index is 11.0. The highest BCUT2D eigenvalue weighted by molar-refractivity contribution is 7.90. The van der Waals surface area contributed by atoms with Crippen LogP contribution in [-0.2, 0) is 22.7 Å². The average Bonchev–Trinajstić information content (AvgIpc) is 2.81. The Morgan fingerprint density at radius 1 is 1.30 bits per heavy atom. The van der Waals surface area contributed by atoms with Crippen LogP contribution in [0.25, 0.3) is 0 Å². The van der Waals surface area contributed by atoms with E-state index in [1.54, 1.807) is 0 Å². The van der Waals surface area contributed by atoms with E-state index in [-0.39, 0.29) is 5.75 Å². The van der Waals surface area contributed by atoms with E-state index in [1.807, 2.05) is 6.07 Å². The minimum Gasteiger partial charge on any atom is -0.362 e. The Morgan fingerprint density at radius 3 is 2.80 bits per heavy atom. The Kier molecular flexibility index (Phi) is 4.99. The van der Waals surface area contributed by atoms with E-state index in [9.17, 15) is 8.42 Å².